The maximum absolute atomic E-state index is 12.4. The van der Waals surface area contributed by atoms with Gasteiger partial charge in [-0.05, 0) is 63.7 Å². The Bertz CT molecular complexity index is 742. The van der Waals surface area contributed by atoms with Gasteiger partial charge >= 0.3 is 0 Å². The summed E-state index contributed by atoms with van der Waals surface area (Å²) in [5.41, 5.74) is 3.08. The van der Waals surface area contributed by atoms with Crippen LogP contribution in [0.15, 0.2) is 53.4 Å². The van der Waals surface area contributed by atoms with Crippen molar-refractivity contribution in [3.05, 3.63) is 54.1 Å². The molecule has 2 aromatic rings. The van der Waals surface area contributed by atoms with Gasteiger partial charge in [0.2, 0.25) is 5.91 Å². The van der Waals surface area contributed by atoms with Crippen LogP contribution in [-0.4, -0.2) is 42.7 Å². The van der Waals surface area contributed by atoms with Crippen molar-refractivity contribution in [3.63, 3.8) is 0 Å². The average Bonchev–Trinajstić information content (AvgIpc) is 2.64. The normalized spacial score (nSPS) is 15.6. The molecule has 26 heavy (non-hydrogen) atoms. The van der Waals surface area contributed by atoms with Gasteiger partial charge in [0.15, 0.2) is 0 Å². The number of nitrogens with one attached hydrogen (secondary N) is 2. The first-order chi connectivity index (χ1) is 12.6. The van der Waals surface area contributed by atoms with E-state index in [0.717, 1.165) is 42.2 Å². The van der Waals surface area contributed by atoms with Crippen molar-refractivity contribution in [2.45, 2.75) is 30.7 Å². The number of piperidine rings is 1. The molecule has 0 radical (unpaired) electrons. The van der Waals surface area contributed by atoms with E-state index < -0.39 is 0 Å². The number of nitrogens with zero attached hydrogens (tertiary/aromatic N) is 1. The molecule has 1 aliphatic rings. The van der Waals surface area contributed by atoms with Gasteiger partial charge in [-0.3, -0.25) is 4.79 Å². The molecular formula is C21H27N3OS. The molecular weight excluding hydrogens is 342 g/mol. The number of rotatable bonds is 6. The molecule has 1 saturated heterocycles. The number of aryl methyl sites for hydroxylation is 1. The summed E-state index contributed by atoms with van der Waals surface area (Å²) in [5, 5.41) is 6.68. The third kappa shape index (κ3) is 5.26. The van der Waals surface area contributed by atoms with Gasteiger partial charge in [0.05, 0.1) is 17.1 Å². The molecule has 0 spiro atoms. The van der Waals surface area contributed by atoms with E-state index in [9.17, 15) is 4.79 Å². The quantitative estimate of drug-likeness (QED) is 0.748. The summed E-state index contributed by atoms with van der Waals surface area (Å²) in [7, 11) is 2.16. The molecule has 3 rings (SSSR count). The monoisotopic (exact) mass is 369 g/mol. The molecule has 0 aliphatic carbocycles. The number of likely N-dealkylation sites (tertiary alicyclic amines) is 1. The van der Waals surface area contributed by atoms with Gasteiger partial charge in [-0.25, -0.2) is 0 Å². The predicted molar refractivity (Wildman–Crippen MR) is 111 cm³/mol. The third-order valence-electron chi connectivity index (χ3n) is 4.73. The number of carbonyl (C=O) groups excluding carboxylic acids is 1. The Balaban J connectivity index is 1.57. The first-order valence-corrected chi connectivity index (χ1v) is 10.1. The fourth-order valence-electron chi connectivity index (χ4n) is 3.14. The van der Waals surface area contributed by atoms with Crippen LogP contribution in [-0.2, 0) is 4.79 Å². The van der Waals surface area contributed by atoms with Gasteiger partial charge in [-0.15, -0.1) is 11.8 Å². The second kappa shape index (κ2) is 9.10. The zero-order valence-corrected chi connectivity index (χ0v) is 16.3. The molecule has 2 aromatic carbocycles. The van der Waals surface area contributed by atoms with Gasteiger partial charge in [0.25, 0.3) is 0 Å². The fraction of sp³-hybridized carbons (Fsp3) is 0.381. The molecule has 4 nitrogen and oxygen atoms in total. The van der Waals surface area contributed by atoms with E-state index in [2.05, 4.69) is 41.6 Å². The number of anilines is 2. The maximum Gasteiger partial charge on any atom is 0.234 e. The van der Waals surface area contributed by atoms with E-state index in [1.54, 1.807) is 11.8 Å². The molecule has 2 N–H and O–H groups in total. The lowest BCUT2D eigenvalue weighted by atomic mass is 10.0. The average molecular weight is 370 g/mol. The van der Waals surface area contributed by atoms with Gasteiger partial charge in [-0.2, -0.15) is 0 Å². The molecule has 1 aliphatic heterocycles. The molecule has 0 unspecified atom stereocenters. The largest absolute Gasteiger partial charge is 0.381 e. The van der Waals surface area contributed by atoms with Crippen LogP contribution in [0.4, 0.5) is 11.4 Å². The summed E-state index contributed by atoms with van der Waals surface area (Å²) in [6, 6.07) is 16.6. The number of hydrogen-bond donors (Lipinski definition) is 2. The lowest BCUT2D eigenvalue weighted by Gasteiger charge is -2.30. The van der Waals surface area contributed by atoms with Crippen LogP contribution in [0, 0.1) is 6.92 Å². The minimum Gasteiger partial charge on any atom is -0.381 e. The Morgan fingerprint density at radius 3 is 2.46 bits per heavy atom. The fourth-order valence-corrected chi connectivity index (χ4v) is 3.97. The van der Waals surface area contributed by atoms with Crippen LogP contribution in [0.2, 0.25) is 0 Å². The van der Waals surface area contributed by atoms with Gasteiger partial charge in [0.1, 0.15) is 0 Å². The van der Waals surface area contributed by atoms with Crippen molar-refractivity contribution < 1.29 is 4.79 Å². The van der Waals surface area contributed by atoms with Gasteiger partial charge in [0, 0.05) is 10.9 Å². The highest BCUT2D eigenvalue weighted by Crippen LogP contribution is 2.26. The molecule has 0 bridgehead atoms. The van der Waals surface area contributed by atoms with E-state index >= 15 is 0 Å². The Hall–Kier alpha value is -1.98. The van der Waals surface area contributed by atoms with Crippen LogP contribution in [0.5, 0.6) is 0 Å². The lowest BCUT2D eigenvalue weighted by molar-refractivity contribution is -0.113. The standard InChI is InChI=1S/C21H27N3OS/c1-16-7-3-6-10-20(16)26-15-21(25)23-19-9-5-4-8-18(19)22-17-11-13-24(2)14-12-17/h3-10,17,22H,11-15H2,1-2H3,(H,23,25). The van der Waals surface area contributed by atoms with Crippen molar-refractivity contribution in [1.29, 1.82) is 0 Å². The Morgan fingerprint density at radius 1 is 1.08 bits per heavy atom. The highest BCUT2D eigenvalue weighted by molar-refractivity contribution is 8.00. The minimum absolute atomic E-state index is 0.0240. The Kier molecular flexibility index (Phi) is 6.58. The van der Waals surface area contributed by atoms with E-state index in [1.807, 2.05) is 36.4 Å². The van der Waals surface area contributed by atoms with Crippen molar-refractivity contribution in [2.24, 2.45) is 0 Å². The summed E-state index contributed by atoms with van der Waals surface area (Å²) < 4.78 is 0. The van der Waals surface area contributed by atoms with Crippen LogP contribution >= 0.6 is 11.8 Å². The third-order valence-corrected chi connectivity index (χ3v) is 5.91. The van der Waals surface area contributed by atoms with E-state index in [4.69, 9.17) is 0 Å². The number of amides is 1. The summed E-state index contributed by atoms with van der Waals surface area (Å²) >= 11 is 1.58. The van der Waals surface area contributed by atoms with Crippen LogP contribution in [0.25, 0.3) is 0 Å². The summed E-state index contributed by atoms with van der Waals surface area (Å²) in [6.07, 6.45) is 2.25. The van der Waals surface area contributed by atoms with Crippen LogP contribution < -0.4 is 10.6 Å². The predicted octanol–water partition coefficient (Wildman–Crippen LogP) is 4.23. The highest BCUT2D eigenvalue weighted by atomic mass is 32.2. The summed E-state index contributed by atoms with van der Waals surface area (Å²) in [4.78, 5) is 15.9. The number of thioether (sulfide) groups is 1. The van der Waals surface area contributed by atoms with Crippen molar-refractivity contribution in [3.8, 4) is 0 Å². The second-order valence-electron chi connectivity index (χ2n) is 6.87. The molecule has 1 heterocycles. The lowest BCUT2D eigenvalue weighted by Crippen LogP contribution is -2.36. The van der Waals surface area contributed by atoms with E-state index in [1.165, 1.54) is 5.56 Å². The summed E-state index contributed by atoms with van der Waals surface area (Å²) in [5.74, 6) is 0.434. The number of para-hydroxylation sites is 2. The second-order valence-corrected chi connectivity index (χ2v) is 7.89. The Morgan fingerprint density at radius 2 is 1.73 bits per heavy atom. The van der Waals surface area contributed by atoms with Crippen molar-refractivity contribution in [2.75, 3.05) is 36.5 Å². The van der Waals surface area contributed by atoms with Gasteiger partial charge in [-0.1, -0.05) is 30.3 Å². The summed E-state index contributed by atoms with van der Waals surface area (Å²) in [6.45, 7) is 4.29. The van der Waals surface area contributed by atoms with Crippen LogP contribution in [0.1, 0.15) is 18.4 Å². The molecule has 0 aromatic heterocycles. The number of carbonyl (C=O) groups is 1. The van der Waals surface area contributed by atoms with Crippen molar-refractivity contribution >= 4 is 29.0 Å². The smallest absolute Gasteiger partial charge is 0.234 e. The first-order valence-electron chi connectivity index (χ1n) is 9.14. The topological polar surface area (TPSA) is 44.4 Å². The SMILES string of the molecule is Cc1ccccc1SCC(=O)Nc1ccccc1NC1CCN(C)CC1. The first kappa shape index (κ1) is 18.8. The maximum atomic E-state index is 12.4. The molecule has 0 atom stereocenters. The number of hydrogen-bond acceptors (Lipinski definition) is 4. The minimum atomic E-state index is 0.0240. The van der Waals surface area contributed by atoms with E-state index in [-0.39, 0.29) is 5.91 Å². The zero-order valence-electron chi connectivity index (χ0n) is 15.5. The van der Waals surface area contributed by atoms with Crippen LogP contribution in [0.3, 0.4) is 0 Å². The van der Waals surface area contributed by atoms with E-state index in [0.29, 0.717) is 11.8 Å². The Labute approximate surface area is 160 Å². The molecule has 5 heteroatoms. The zero-order chi connectivity index (χ0) is 18.4. The van der Waals surface area contributed by atoms with Crippen molar-refractivity contribution in [1.82, 2.24) is 4.90 Å². The molecule has 0 saturated carbocycles. The van der Waals surface area contributed by atoms with Gasteiger partial charge < -0.3 is 15.5 Å². The highest BCUT2D eigenvalue weighted by Gasteiger charge is 2.17. The molecule has 138 valence electrons. The molecule has 1 amide bonds. The number of benzene rings is 2. The molecule has 1 fully saturated rings.